The van der Waals surface area contributed by atoms with Crippen LogP contribution in [0.4, 0.5) is 5.00 Å². The molecule has 0 saturated heterocycles. The fourth-order valence-corrected chi connectivity index (χ4v) is 5.64. The number of aliphatic imine (C=N–C) groups is 1. The monoisotopic (exact) mass is 534 g/mol. The van der Waals surface area contributed by atoms with E-state index in [1.54, 1.807) is 17.6 Å². The van der Waals surface area contributed by atoms with Crippen molar-refractivity contribution in [1.82, 2.24) is 0 Å². The van der Waals surface area contributed by atoms with Crippen LogP contribution < -0.4 is 0 Å². The van der Waals surface area contributed by atoms with Crippen molar-refractivity contribution in [1.29, 1.82) is 5.26 Å². The Labute approximate surface area is 160 Å². The average Bonchev–Trinajstić information content (AvgIpc) is 2.86. The summed E-state index contributed by atoms with van der Waals surface area (Å²) in [5.74, 6) is 0.240. The van der Waals surface area contributed by atoms with E-state index >= 15 is 0 Å². The minimum atomic E-state index is 0.240. The third-order valence-corrected chi connectivity index (χ3v) is 6.29. The van der Waals surface area contributed by atoms with Gasteiger partial charge in [0.2, 0.25) is 0 Å². The Morgan fingerprint density at radius 3 is 2.82 bits per heavy atom. The molecule has 1 heterocycles. The second-order valence-electron chi connectivity index (χ2n) is 5.09. The van der Waals surface area contributed by atoms with Gasteiger partial charge in [0.05, 0.1) is 9.13 Å². The summed E-state index contributed by atoms with van der Waals surface area (Å²) in [6.45, 7) is 0. The molecule has 1 aromatic carbocycles. The first-order valence-electron chi connectivity index (χ1n) is 6.87. The molecule has 0 spiro atoms. The first-order valence-corrected chi connectivity index (χ1v) is 9.84. The normalized spacial score (nSPS) is 14.0. The van der Waals surface area contributed by atoms with E-state index in [-0.39, 0.29) is 5.75 Å². The molecule has 1 N–H and O–H groups in total. The van der Waals surface area contributed by atoms with Gasteiger partial charge in [-0.15, -0.1) is 11.3 Å². The number of rotatable bonds is 2. The minimum absolute atomic E-state index is 0.240. The van der Waals surface area contributed by atoms with Crippen LogP contribution in [0, 0.1) is 18.5 Å². The Bertz CT molecular complexity index is 805. The summed E-state index contributed by atoms with van der Waals surface area (Å²) in [5, 5.41) is 20.3. The van der Waals surface area contributed by atoms with E-state index in [2.05, 4.69) is 56.2 Å². The maximum atomic E-state index is 10.1. The highest BCUT2D eigenvalue weighted by molar-refractivity contribution is 14.1. The zero-order valence-electron chi connectivity index (χ0n) is 11.6. The molecule has 0 amide bonds. The van der Waals surface area contributed by atoms with E-state index < -0.39 is 0 Å². The molecule has 1 aromatic heterocycles. The fourth-order valence-electron chi connectivity index (χ4n) is 2.57. The highest BCUT2D eigenvalue weighted by Crippen LogP contribution is 2.39. The van der Waals surface area contributed by atoms with Crippen molar-refractivity contribution in [2.45, 2.75) is 25.7 Å². The summed E-state index contributed by atoms with van der Waals surface area (Å²) >= 11 is 5.94. The molecule has 0 bridgehead atoms. The zero-order valence-corrected chi connectivity index (χ0v) is 16.7. The van der Waals surface area contributed by atoms with Crippen molar-refractivity contribution in [3.05, 3.63) is 40.8 Å². The lowest BCUT2D eigenvalue weighted by atomic mass is 9.96. The van der Waals surface area contributed by atoms with Crippen molar-refractivity contribution in [3.8, 4) is 11.8 Å². The number of benzene rings is 1. The Hall–Kier alpha value is -0.660. The van der Waals surface area contributed by atoms with E-state index in [4.69, 9.17) is 0 Å². The predicted octanol–water partition coefficient (Wildman–Crippen LogP) is 5.16. The molecule has 0 fully saturated rings. The standard InChI is InChI=1S/C16H12I2N2OS/c17-10-5-9(15(21)13(18)6-10)8-20-16-12(7-19)11-3-1-2-4-14(11)22-16/h5-6,8,21H,1-4H2. The lowest BCUT2D eigenvalue weighted by molar-refractivity contribution is 0.470. The molecule has 6 heteroatoms. The van der Waals surface area contributed by atoms with Gasteiger partial charge in [0.25, 0.3) is 0 Å². The number of nitrogens with zero attached hydrogens (tertiary/aromatic N) is 2. The molecule has 0 radical (unpaired) electrons. The van der Waals surface area contributed by atoms with E-state index in [0.29, 0.717) is 5.56 Å². The molecule has 2 aromatic rings. The second-order valence-corrected chi connectivity index (χ2v) is 8.58. The summed E-state index contributed by atoms with van der Waals surface area (Å²) in [7, 11) is 0. The van der Waals surface area contributed by atoms with Crippen LogP contribution in [0.2, 0.25) is 0 Å². The molecule has 3 nitrogen and oxygen atoms in total. The Morgan fingerprint density at radius 2 is 2.05 bits per heavy atom. The van der Waals surface area contributed by atoms with Gasteiger partial charge in [0, 0.05) is 20.2 Å². The number of hydrogen-bond donors (Lipinski definition) is 1. The van der Waals surface area contributed by atoms with Crippen LogP contribution in [0.25, 0.3) is 0 Å². The number of halogens is 2. The van der Waals surface area contributed by atoms with Crippen molar-refractivity contribution >= 4 is 67.7 Å². The molecule has 0 aliphatic heterocycles. The van der Waals surface area contributed by atoms with Gasteiger partial charge in [-0.05, 0) is 88.6 Å². The van der Waals surface area contributed by atoms with Crippen LogP contribution in [0.15, 0.2) is 17.1 Å². The molecule has 3 rings (SSSR count). The summed E-state index contributed by atoms with van der Waals surface area (Å²) in [6.07, 6.45) is 6.04. The predicted molar refractivity (Wildman–Crippen MR) is 106 cm³/mol. The third kappa shape index (κ3) is 3.16. The first-order chi connectivity index (χ1) is 10.6. The lowest BCUT2D eigenvalue weighted by Crippen LogP contribution is -1.99. The quantitative estimate of drug-likeness (QED) is 0.428. The van der Waals surface area contributed by atoms with Gasteiger partial charge in [-0.25, -0.2) is 4.99 Å². The maximum absolute atomic E-state index is 10.1. The van der Waals surface area contributed by atoms with Gasteiger partial charge >= 0.3 is 0 Å². The number of phenolic OH excluding ortho intramolecular Hbond substituents is 1. The van der Waals surface area contributed by atoms with Crippen LogP contribution in [0.5, 0.6) is 5.75 Å². The van der Waals surface area contributed by atoms with Crippen molar-refractivity contribution in [3.63, 3.8) is 0 Å². The van der Waals surface area contributed by atoms with Gasteiger partial charge in [-0.3, -0.25) is 0 Å². The molecule has 0 atom stereocenters. The van der Waals surface area contributed by atoms with E-state index in [1.807, 2.05) is 12.1 Å². The number of nitriles is 1. The first kappa shape index (κ1) is 16.2. The molecule has 1 aliphatic rings. The summed E-state index contributed by atoms with van der Waals surface area (Å²) < 4.78 is 1.85. The van der Waals surface area contributed by atoms with Crippen LogP contribution >= 0.6 is 56.5 Å². The largest absolute Gasteiger partial charge is 0.506 e. The molecular formula is C16H12I2N2OS. The van der Waals surface area contributed by atoms with Gasteiger partial charge in [0.1, 0.15) is 16.8 Å². The molecule has 0 saturated carbocycles. The summed E-state index contributed by atoms with van der Waals surface area (Å²) in [6, 6.07) is 6.11. The van der Waals surface area contributed by atoms with Crippen LogP contribution in [-0.2, 0) is 12.8 Å². The third-order valence-electron chi connectivity index (χ3n) is 3.64. The van der Waals surface area contributed by atoms with Crippen molar-refractivity contribution in [2.24, 2.45) is 4.99 Å². The SMILES string of the molecule is N#Cc1c(N=Cc2cc(I)cc(I)c2O)sc2c1CCCC2. The van der Waals surface area contributed by atoms with E-state index in [1.165, 1.54) is 16.9 Å². The Kier molecular flexibility index (Phi) is 5.04. The minimum Gasteiger partial charge on any atom is -0.506 e. The highest BCUT2D eigenvalue weighted by atomic mass is 127. The summed E-state index contributed by atoms with van der Waals surface area (Å²) in [4.78, 5) is 5.80. The maximum Gasteiger partial charge on any atom is 0.137 e. The smallest absolute Gasteiger partial charge is 0.137 e. The van der Waals surface area contributed by atoms with Gasteiger partial charge in [-0.2, -0.15) is 5.26 Å². The Balaban J connectivity index is 2.00. The number of fused-ring (bicyclic) bond motifs is 1. The Morgan fingerprint density at radius 1 is 1.27 bits per heavy atom. The highest BCUT2D eigenvalue weighted by Gasteiger charge is 2.20. The number of phenols is 1. The molecule has 0 unspecified atom stereocenters. The number of aromatic hydroxyl groups is 1. The number of thiophene rings is 1. The van der Waals surface area contributed by atoms with Gasteiger partial charge in [0.15, 0.2) is 0 Å². The summed E-state index contributed by atoms with van der Waals surface area (Å²) in [5.41, 5.74) is 2.59. The van der Waals surface area contributed by atoms with Crippen LogP contribution in [0.1, 0.15) is 34.4 Å². The fraction of sp³-hybridized carbons (Fsp3) is 0.250. The van der Waals surface area contributed by atoms with Gasteiger partial charge in [-0.1, -0.05) is 0 Å². The molecular weight excluding hydrogens is 522 g/mol. The van der Waals surface area contributed by atoms with Gasteiger partial charge < -0.3 is 5.11 Å². The van der Waals surface area contributed by atoms with Crippen LogP contribution in [0.3, 0.4) is 0 Å². The van der Waals surface area contributed by atoms with Crippen LogP contribution in [-0.4, -0.2) is 11.3 Å². The molecule has 112 valence electrons. The van der Waals surface area contributed by atoms with Crippen molar-refractivity contribution < 1.29 is 5.11 Å². The van der Waals surface area contributed by atoms with E-state index in [9.17, 15) is 10.4 Å². The van der Waals surface area contributed by atoms with Crippen molar-refractivity contribution in [2.75, 3.05) is 0 Å². The molecule has 1 aliphatic carbocycles. The lowest BCUT2D eigenvalue weighted by Gasteiger charge is -2.09. The zero-order chi connectivity index (χ0) is 15.7. The average molecular weight is 534 g/mol. The topological polar surface area (TPSA) is 56.4 Å². The number of aryl methyl sites for hydroxylation is 1. The number of hydrogen-bond acceptors (Lipinski definition) is 4. The molecule has 22 heavy (non-hydrogen) atoms. The van der Waals surface area contributed by atoms with E-state index in [0.717, 1.165) is 37.0 Å². The second kappa shape index (κ2) is 6.84.